The Hall–Kier alpha value is -1.07. The van der Waals surface area contributed by atoms with Crippen molar-refractivity contribution in [2.24, 2.45) is 4.99 Å². The number of piperidine rings is 1. The Morgan fingerprint density at radius 2 is 2.03 bits per heavy atom. The van der Waals surface area contributed by atoms with Crippen molar-refractivity contribution in [3.8, 4) is 0 Å². The van der Waals surface area contributed by atoms with Gasteiger partial charge in [-0.1, -0.05) is 13.8 Å². The molecule has 1 aliphatic rings. The number of hydrogen-bond acceptors (Lipinski definition) is 5. The summed E-state index contributed by atoms with van der Waals surface area (Å²) >= 11 is 1.74. The van der Waals surface area contributed by atoms with Gasteiger partial charge in [0.05, 0.1) is 12.6 Å². The van der Waals surface area contributed by atoms with Crippen molar-refractivity contribution in [2.45, 2.75) is 45.7 Å². The van der Waals surface area contributed by atoms with Crippen LogP contribution >= 0.6 is 35.3 Å². The first kappa shape index (κ1) is 26.0. The number of rotatable bonds is 8. The molecule has 1 fully saturated rings. The lowest BCUT2D eigenvalue weighted by molar-refractivity contribution is 0.0963. The number of amides is 1. The van der Waals surface area contributed by atoms with Gasteiger partial charge in [0, 0.05) is 32.7 Å². The molecule has 2 heterocycles. The van der Waals surface area contributed by atoms with Crippen LogP contribution in [0, 0.1) is 0 Å². The van der Waals surface area contributed by atoms with E-state index < -0.39 is 0 Å². The quantitative estimate of drug-likeness (QED) is 0.302. The Morgan fingerprint density at radius 3 is 2.55 bits per heavy atom. The summed E-state index contributed by atoms with van der Waals surface area (Å²) in [4.78, 5) is 20.5. The molecular weight excluding hydrogens is 501 g/mol. The molecule has 7 nitrogen and oxygen atoms in total. The van der Waals surface area contributed by atoms with Crippen LogP contribution in [0.3, 0.4) is 0 Å². The van der Waals surface area contributed by atoms with Crippen LogP contribution in [-0.2, 0) is 4.74 Å². The number of hydrogen-bond donors (Lipinski definition) is 2. The first-order chi connectivity index (χ1) is 13.6. The zero-order chi connectivity index (χ0) is 20.4. The Morgan fingerprint density at radius 1 is 1.34 bits per heavy atom. The largest absolute Gasteiger partial charge is 0.450 e. The monoisotopic (exact) mass is 537 g/mol. The standard InChI is InChI=1S/C20H35N5O2S.HI/c1-5-24(6-2)18(16-10-13-28-15-16)14-22-19(21-4)23-17-8-11-25(12-9-17)20(26)27-7-3;/h10,13,15,17-18H,5-9,11-12,14H2,1-4H3,(H2,21,22,23);1H. The van der Waals surface area contributed by atoms with Gasteiger partial charge in [-0.05, 0) is 55.2 Å². The predicted molar refractivity (Wildman–Crippen MR) is 132 cm³/mol. The highest BCUT2D eigenvalue weighted by Gasteiger charge is 2.24. The minimum absolute atomic E-state index is 0. The van der Waals surface area contributed by atoms with E-state index in [-0.39, 0.29) is 30.1 Å². The highest BCUT2D eigenvalue weighted by molar-refractivity contribution is 14.0. The topological polar surface area (TPSA) is 69.2 Å². The van der Waals surface area contributed by atoms with E-state index in [0.29, 0.717) is 31.8 Å². The molecular formula is C20H36IN5O2S. The number of thiophene rings is 1. The summed E-state index contributed by atoms with van der Waals surface area (Å²) in [6.07, 6.45) is 1.58. The smallest absolute Gasteiger partial charge is 0.409 e. The van der Waals surface area contributed by atoms with Gasteiger partial charge in [-0.15, -0.1) is 24.0 Å². The van der Waals surface area contributed by atoms with Gasteiger partial charge in [-0.3, -0.25) is 9.89 Å². The van der Waals surface area contributed by atoms with Gasteiger partial charge >= 0.3 is 6.09 Å². The Kier molecular flexibility index (Phi) is 12.6. The van der Waals surface area contributed by atoms with E-state index in [4.69, 9.17) is 4.74 Å². The van der Waals surface area contributed by atoms with E-state index in [1.807, 2.05) is 6.92 Å². The summed E-state index contributed by atoms with van der Waals surface area (Å²) in [6.45, 7) is 10.9. The van der Waals surface area contributed by atoms with Crippen LogP contribution < -0.4 is 10.6 Å². The zero-order valence-corrected chi connectivity index (χ0v) is 21.2. The summed E-state index contributed by atoms with van der Waals surface area (Å²) in [5.74, 6) is 0.821. The molecule has 2 rings (SSSR count). The van der Waals surface area contributed by atoms with Gasteiger partial charge in [0.25, 0.3) is 0 Å². The number of ether oxygens (including phenoxy) is 1. The molecule has 2 N–H and O–H groups in total. The van der Waals surface area contributed by atoms with Crippen molar-refractivity contribution in [3.05, 3.63) is 22.4 Å². The first-order valence-corrected chi connectivity index (χ1v) is 11.2. The van der Waals surface area contributed by atoms with E-state index in [9.17, 15) is 4.79 Å². The average molecular weight is 538 g/mol. The molecule has 166 valence electrons. The molecule has 1 aromatic heterocycles. The van der Waals surface area contributed by atoms with Crippen LogP contribution in [0.4, 0.5) is 4.79 Å². The fourth-order valence-electron chi connectivity index (χ4n) is 3.59. The van der Waals surface area contributed by atoms with Crippen LogP contribution in [0.15, 0.2) is 21.8 Å². The molecule has 1 unspecified atom stereocenters. The van der Waals surface area contributed by atoms with Gasteiger partial charge in [-0.2, -0.15) is 11.3 Å². The summed E-state index contributed by atoms with van der Waals surface area (Å²) in [5.41, 5.74) is 1.35. The predicted octanol–water partition coefficient (Wildman–Crippen LogP) is 3.53. The number of aliphatic imine (C=N–C) groups is 1. The number of carbonyl (C=O) groups is 1. The molecule has 9 heteroatoms. The number of halogens is 1. The summed E-state index contributed by atoms with van der Waals surface area (Å²) in [6, 6.07) is 2.84. The maximum atomic E-state index is 11.8. The number of carbonyl (C=O) groups excluding carboxylic acids is 1. The fraction of sp³-hybridized carbons (Fsp3) is 0.700. The SMILES string of the molecule is CCOC(=O)N1CCC(NC(=NC)NCC(c2ccsc2)N(CC)CC)CC1.I. The van der Waals surface area contributed by atoms with E-state index in [0.717, 1.165) is 38.4 Å². The van der Waals surface area contributed by atoms with E-state index in [2.05, 4.69) is 51.2 Å². The van der Waals surface area contributed by atoms with Crippen LogP contribution in [0.5, 0.6) is 0 Å². The average Bonchev–Trinajstić information content (AvgIpc) is 3.25. The zero-order valence-electron chi connectivity index (χ0n) is 18.0. The molecule has 1 amide bonds. The lowest BCUT2D eigenvalue weighted by atomic mass is 10.1. The van der Waals surface area contributed by atoms with E-state index >= 15 is 0 Å². The van der Waals surface area contributed by atoms with Crippen molar-refractivity contribution in [1.82, 2.24) is 20.4 Å². The molecule has 0 saturated carbocycles. The third-order valence-corrected chi connectivity index (χ3v) is 5.93. The summed E-state index contributed by atoms with van der Waals surface area (Å²) < 4.78 is 5.09. The minimum Gasteiger partial charge on any atom is -0.450 e. The molecule has 0 aliphatic carbocycles. The van der Waals surface area contributed by atoms with Crippen molar-refractivity contribution in [2.75, 3.05) is 46.4 Å². The molecule has 0 radical (unpaired) electrons. The van der Waals surface area contributed by atoms with Gasteiger partial charge in [0.1, 0.15) is 0 Å². The Bertz CT molecular complexity index is 602. The molecule has 29 heavy (non-hydrogen) atoms. The third-order valence-electron chi connectivity index (χ3n) is 5.23. The number of nitrogens with zero attached hydrogens (tertiary/aromatic N) is 3. The van der Waals surface area contributed by atoms with Crippen molar-refractivity contribution in [3.63, 3.8) is 0 Å². The molecule has 1 aromatic rings. The highest BCUT2D eigenvalue weighted by Crippen LogP contribution is 2.22. The molecule has 0 bridgehead atoms. The maximum Gasteiger partial charge on any atom is 0.409 e. The summed E-state index contributed by atoms with van der Waals surface area (Å²) in [5, 5.41) is 11.4. The highest BCUT2D eigenvalue weighted by atomic mass is 127. The van der Waals surface area contributed by atoms with E-state index in [1.54, 1.807) is 23.3 Å². The molecule has 0 spiro atoms. The van der Waals surface area contributed by atoms with Crippen LogP contribution in [0.25, 0.3) is 0 Å². The van der Waals surface area contributed by atoms with Crippen molar-refractivity contribution < 1.29 is 9.53 Å². The van der Waals surface area contributed by atoms with Crippen LogP contribution in [-0.4, -0.2) is 74.3 Å². The lowest BCUT2D eigenvalue weighted by Crippen LogP contribution is -2.51. The van der Waals surface area contributed by atoms with Gasteiger partial charge in [0.2, 0.25) is 0 Å². The maximum absolute atomic E-state index is 11.8. The molecule has 1 atom stereocenters. The van der Waals surface area contributed by atoms with E-state index in [1.165, 1.54) is 5.56 Å². The van der Waals surface area contributed by atoms with Gasteiger partial charge < -0.3 is 20.3 Å². The number of likely N-dealkylation sites (tertiary alicyclic amines) is 1. The number of likely N-dealkylation sites (N-methyl/N-ethyl adjacent to an activating group) is 1. The van der Waals surface area contributed by atoms with Gasteiger partial charge in [-0.25, -0.2) is 4.79 Å². The Balaban J connectivity index is 0.00000420. The second kappa shape index (κ2) is 14.0. The van der Waals surface area contributed by atoms with Crippen molar-refractivity contribution >= 4 is 47.4 Å². The van der Waals surface area contributed by atoms with Gasteiger partial charge in [0.15, 0.2) is 5.96 Å². The normalized spacial score (nSPS) is 16.3. The molecule has 1 saturated heterocycles. The molecule has 1 aliphatic heterocycles. The van der Waals surface area contributed by atoms with Crippen LogP contribution in [0.2, 0.25) is 0 Å². The Labute approximate surface area is 196 Å². The van der Waals surface area contributed by atoms with Crippen molar-refractivity contribution in [1.29, 1.82) is 0 Å². The van der Waals surface area contributed by atoms with Crippen LogP contribution in [0.1, 0.15) is 45.2 Å². The fourth-order valence-corrected chi connectivity index (χ4v) is 4.30. The number of guanidine groups is 1. The third kappa shape index (κ3) is 7.93. The second-order valence-corrected chi connectivity index (χ2v) is 7.63. The first-order valence-electron chi connectivity index (χ1n) is 10.3. The summed E-state index contributed by atoms with van der Waals surface area (Å²) in [7, 11) is 1.81. The number of nitrogens with one attached hydrogen (secondary N) is 2. The second-order valence-electron chi connectivity index (χ2n) is 6.85. The lowest BCUT2D eigenvalue weighted by Gasteiger charge is -2.33. The molecule has 0 aromatic carbocycles. The minimum atomic E-state index is -0.207.